The molecule has 5 rings (SSSR count). The van der Waals surface area contributed by atoms with Gasteiger partial charge in [-0.05, 0) is 91.7 Å². The average molecular weight is 488 g/mol. The number of aryl methyl sites for hydroxylation is 2. The zero-order valence-corrected chi connectivity index (χ0v) is 20.3. The van der Waals surface area contributed by atoms with Crippen LogP contribution in [0, 0.1) is 13.8 Å². The lowest BCUT2D eigenvalue weighted by Gasteiger charge is -2.20. The molecule has 0 radical (unpaired) electrons. The molecule has 0 amide bonds. The Bertz CT molecular complexity index is 1400. The third kappa shape index (κ3) is 4.76. The van der Waals surface area contributed by atoms with Crippen molar-refractivity contribution in [3.05, 3.63) is 106 Å². The van der Waals surface area contributed by atoms with Crippen molar-refractivity contribution in [2.45, 2.75) is 30.2 Å². The molecule has 1 aromatic heterocycles. The van der Waals surface area contributed by atoms with Crippen molar-refractivity contribution in [2.75, 3.05) is 5.32 Å². The van der Waals surface area contributed by atoms with E-state index in [1.54, 1.807) is 17.8 Å². The van der Waals surface area contributed by atoms with Gasteiger partial charge in [0.1, 0.15) is 23.9 Å². The third-order valence-electron chi connectivity index (χ3n) is 5.51. The molecule has 0 atom stereocenters. The zero-order valence-electron chi connectivity index (χ0n) is 18.7. The monoisotopic (exact) mass is 487 g/mol. The van der Waals surface area contributed by atoms with Gasteiger partial charge in [-0.3, -0.25) is 4.79 Å². The minimum atomic E-state index is -0.0882. The maximum Gasteiger partial charge on any atom is 0.186 e. The van der Waals surface area contributed by atoms with E-state index >= 15 is 0 Å². The summed E-state index contributed by atoms with van der Waals surface area (Å²) in [6.45, 7) is 4.19. The molecule has 34 heavy (non-hydrogen) atoms. The number of ketones is 1. The minimum absolute atomic E-state index is 0.0882. The second kappa shape index (κ2) is 9.45. The molecule has 0 spiro atoms. The molecule has 0 saturated heterocycles. The van der Waals surface area contributed by atoms with Crippen LogP contribution in [0.5, 0.6) is 5.75 Å². The highest BCUT2D eigenvalue weighted by atomic mass is 35.5. The van der Waals surface area contributed by atoms with Gasteiger partial charge in [-0.15, -0.1) is 0 Å². The summed E-state index contributed by atoms with van der Waals surface area (Å²) in [7, 11) is 0. The molecule has 3 aromatic carbocycles. The minimum Gasteiger partial charge on any atom is -0.486 e. The first kappa shape index (κ1) is 22.4. The number of benzene rings is 3. The SMILES string of the molecule is Cc1cc(OCc2ccc(/C=C/C(=O)c3ccc4c(c3)Nc3ccccc3S4)o2)cc(C)c1Cl. The van der Waals surface area contributed by atoms with Crippen LogP contribution in [0.15, 0.2) is 87.0 Å². The van der Waals surface area contributed by atoms with Crippen LogP contribution in [-0.4, -0.2) is 5.78 Å². The summed E-state index contributed by atoms with van der Waals surface area (Å²) in [6, 6.07) is 21.3. The summed E-state index contributed by atoms with van der Waals surface area (Å²) in [5, 5.41) is 4.16. The Balaban J connectivity index is 1.23. The largest absolute Gasteiger partial charge is 0.486 e. The van der Waals surface area contributed by atoms with E-state index in [1.807, 2.05) is 74.5 Å². The lowest BCUT2D eigenvalue weighted by molar-refractivity contribution is 0.104. The van der Waals surface area contributed by atoms with Crippen molar-refractivity contribution >= 4 is 46.6 Å². The fraction of sp³-hybridized carbons (Fsp3) is 0.107. The molecule has 4 nitrogen and oxygen atoms in total. The van der Waals surface area contributed by atoms with Crippen LogP contribution in [-0.2, 0) is 6.61 Å². The molecule has 170 valence electrons. The first-order chi connectivity index (χ1) is 16.5. The highest BCUT2D eigenvalue weighted by Crippen LogP contribution is 2.44. The smallest absolute Gasteiger partial charge is 0.186 e. The summed E-state index contributed by atoms with van der Waals surface area (Å²) in [6.07, 6.45) is 3.21. The topological polar surface area (TPSA) is 51.5 Å². The number of rotatable bonds is 6. The van der Waals surface area contributed by atoms with E-state index < -0.39 is 0 Å². The number of nitrogens with one attached hydrogen (secondary N) is 1. The lowest BCUT2D eigenvalue weighted by atomic mass is 10.1. The predicted octanol–water partition coefficient (Wildman–Crippen LogP) is 8.23. The van der Waals surface area contributed by atoms with Crippen LogP contribution in [0.3, 0.4) is 0 Å². The summed E-state index contributed by atoms with van der Waals surface area (Å²) >= 11 is 7.91. The second-order valence-electron chi connectivity index (χ2n) is 8.10. The lowest BCUT2D eigenvalue weighted by Crippen LogP contribution is -2.02. The van der Waals surface area contributed by atoms with Crippen molar-refractivity contribution in [3.63, 3.8) is 0 Å². The van der Waals surface area contributed by atoms with E-state index in [2.05, 4.69) is 11.4 Å². The number of allylic oxidation sites excluding steroid dienone is 1. The number of para-hydroxylation sites is 1. The Hall–Kier alpha value is -3.41. The van der Waals surface area contributed by atoms with E-state index in [0.717, 1.165) is 38.2 Å². The van der Waals surface area contributed by atoms with Gasteiger partial charge in [0.2, 0.25) is 0 Å². The Morgan fingerprint density at radius 1 is 1.00 bits per heavy atom. The molecule has 0 unspecified atom stereocenters. The summed E-state index contributed by atoms with van der Waals surface area (Å²) in [4.78, 5) is 15.0. The molecule has 1 aliphatic rings. The molecule has 0 bridgehead atoms. The zero-order chi connectivity index (χ0) is 23.7. The maximum atomic E-state index is 12.8. The van der Waals surface area contributed by atoms with Crippen LogP contribution in [0.2, 0.25) is 5.02 Å². The van der Waals surface area contributed by atoms with Crippen molar-refractivity contribution in [2.24, 2.45) is 0 Å². The van der Waals surface area contributed by atoms with Crippen LogP contribution >= 0.6 is 23.4 Å². The van der Waals surface area contributed by atoms with Gasteiger partial charge in [-0.25, -0.2) is 0 Å². The van der Waals surface area contributed by atoms with Crippen molar-refractivity contribution < 1.29 is 13.9 Å². The first-order valence-electron chi connectivity index (χ1n) is 10.8. The van der Waals surface area contributed by atoms with Gasteiger partial charge in [-0.1, -0.05) is 35.5 Å². The summed E-state index contributed by atoms with van der Waals surface area (Å²) in [5.74, 6) is 1.92. The van der Waals surface area contributed by atoms with Crippen molar-refractivity contribution in [3.8, 4) is 5.75 Å². The third-order valence-corrected chi connectivity index (χ3v) is 7.26. The molecule has 0 saturated carbocycles. The molecule has 0 aliphatic carbocycles. The normalized spacial score (nSPS) is 12.2. The molecule has 1 N–H and O–H groups in total. The highest BCUT2D eigenvalue weighted by Gasteiger charge is 2.16. The van der Waals surface area contributed by atoms with Crippen LogP contribution < -0.4 is 10.1 Å². The van der Waals surface area contributed by atoms with Crippen LogP contribution in [0.4, 0.5) is 11.4 Å². The van der Waals surface area contributed by atoms with Crippen molar-refractivity contribution in [1.29, 1.82) is 0 Å². The number of furan rings is 1. The molecular weight excluding hydrogens is 466 g/mol. The molecular formula is C28H22ClNO3S. The highest BCUT2D eigenvalue weighted by molar-refractivity contribution is 7.99. The number of fused-ring (bicyclic) bond motifs is 2. The molecule has 6 heteroatoms. The van der Waals surface area contributed by atoms with E-state index in [9.17, 15) is 4.79 Å². The molecule has 1 aliphatic heterocycles. The molecule has 4 aromatic rings. The number of hydrogen-bond donors (Lipinski definition) is 1. The van der Waals surface area contributed by atoms with Gasteiger partial charge >= 0.3 is 0 Å². The Morgan fingerprint density at radius 3 is 2.59 bits per heavy atom. The van der Waals surface area contributed by atoms with Gasteiger partial charge in [0.05, 0.1) is 11.4 Å². The Morgan fingerprint density at radius 2 is 1.76 bits per heavy atom. The Kier molecular flexibility index (Phi) is 6.22. The van der Waals surface area contributed by atoms with E-state index in [0.29, 0.717) is 17.1 Å². The van der Waals surface area contributed by atoms with Gasteiger partial charge in [-0.2, -0.15) is 0 Å². The van der Waals surface area contributed by atoms with E-state index in [4.69, 9.17) is 20.8 Å². The Labute approximate surface area is 207 Å². The number of hydrogen-bond acceptors (Lipinski definition) is 5. The fourth-order valence-corrected chi connectivity index (χ4v) is 4.83. The quantitative estimate of drug-likeness (QED) is 0.193. The number of halogens is 1. The second-order valence-corrected chi connectivity index (χ2v) is 9.56. The molecule has 2 heterocycles. The molecule has 0 fully saturated rings. The van der Waals surface area contributed by atoms with Crippen molar-refractivity contribution in [1.82, 2.24) is 0 Å². The summed E-state index contributed by atoms with van der Waals surface area (Å²) in [5.41, 5.74) is 4.55. The van der Waals surface area contributed by atoms with Gasteiger partial charge in [0, 0.05) is 20.4 Å². The average Bonchev–Trinajstić information content (AvgIpc) is 3.30. The van der Waals surface area contributed by atoms with Gasteiger partial charge in [0.25, 0.3) is 0 Å². The number of carbonyl (C=O) groups excluding carboxylic acids is 1. The van der Waals surface area contributed by atoms with Gasteiger partial charge in [0.15, 0.2) is 5.78 Å². The van der Waals surface area contributed by atoms with Crippen LogP contribution in [0.25, 0.3) is 6.08 Å². The van der Waals surface area contributed by atoms with Gasteiger partial charge < -0.3 is 14.5 Å². The predicted molar refractivity (Wildman–Crippen MR) is 138 cm³/mol. The number of anilines is 2. The first-order valence-corrected chi connectivity index (χ1v) is 12.0. The standard InChI is InChI=1S/C28H22ClNO3S/c1-17-13-22(14-18(2)28(17)29)32-16-21-9-8-20(33-21)10-11-25(31)19-7-12-27-24(15-19)30-23-5-3-4-6-26(23)34-27/h3-15,30H,16H2,1-2H3/b11-10+. The van der Waals surface area contributed by atoms with Crippen LogP contribution in [0.1, 0.15) is 33.0 Å². The fourth-order valence-electron chi connectivity index (χ4n) is 3.75. The van der Waals surface area contributed by atoms with E-state index in [1.165, 1.54) is 11.0 Å². The maximum absolute atomic E-state index is 12.8. The van der Waals surface area contributed by atoms with E-state index in [-0.39, 0.29) is 12.4 Å². The number of carbonyl (C=O) groups is 1. The summed E-state index contributed by atoms with van der Waals surface area (Å²) < 4.78 is 11.6. The number of ether oxygens (including phenoxy) is 1.